The number of halogens is 1. The van der Waals surface area contributed by atoms with Crippen molar-refractivity contribution in [2.45, 2.75) is 19.3 Å². The number of carbonyl (C=O) groups is 2. The number of ketones is 1. The van der Waals surface area contributed by atoms with E-state index in [9.17, 15) is 9.59 Å². The molecule has 1 aromatic carbocycles. The monoisotopic (exact) mass is 409 g/mol. The third-order valence-electron chi connectivity index (χ3n) is 4.27. The van der Waals surface area contributed by atoms with Crippen LogP contribution in [0.25, 0.3) is 0 Å². The van der Waals surface area contributed by atoms with Gasteiger partial charge in [-0.05, 0) is 41.8 Å². The number of hydrogen-bond donors (Lipinski definition) is 1. The molecule has 0 radical (unpaired) electrons. The molecule has 0 atom stereocenters. The Morgan fingerprint density at radius 1 is 1.03 bits per heavy atom. The van der Waals surface area contributed by atoms with Crippen LogP contribution in [0, 0.1) is 0 Å². The van der Waals surface area contributed by atoms with E-state index < -0.39 is 0 Å². The van der Waals surface area contributed by atoms with Crippen LogP contribution in [0.15, 0.2) is 60.9 Å². The van der Waals surface area contributed by atoms with Crippen LogP contribution in [0.4, 0.5) is 0 Å². The lowest BCUT2D eigenvalue weighted by Crippen LogP contribution is -2.18. The maximum Gasteiger partial charge on any atom is 0.269 e. The summed E-state index contributed by atoms with van der Waals surface area (Å²) in [4.78, 5) is 31.9. The van der Waals surface area contributed by atoms with Crippen LogP contribution in [-0.4, -0.2) is 28.7 Å². The summed E-state index contributed by atoms with van der Waals surface area (Å²) in [5, 5.41) is 2.90. The first-order chi connectivity index (χ1) is 14.0. The van der Waals surface area contributed by atoms with E-state index in [0.717, 1.165) is 11.1 Å². The second kappa shape index (κ2) is 9.80. The largest absolute Gasteiger partial charge is 0.457 e. The second-order valence-electron chi connectivity index (χ2n) is 6.37. The predicted molar refractivity (Wildman–Crippen MR) is 110 cm³/mol. The molecule has 0 aliphatic heterocycles. The lowest BCUT2D eigenvalue weighted by atomic mass is 10.0. The highest BCUT2D eigenvalue weighted by molar-refractivity contribution is 6.30. The van der Waals surface area contributed by atoms with E-state index in [0.29, 0.717) is 29.5 Å². The number of nitrogens with one attached hydrogen (secondary N) is 1. The van der Waals surface area contributed by atoms with Crippen LogP contribution in [0.2, 0.25) is 5.15 Å². The van der Waals surface area contributed by atoms with Crippen LogP contribution in [0.3, 0.4) is 0 Å². The van der Waals surface area contributed by atoms with Crippen molar-refractivity contribution in [3.8, 4) is 11.5 Å². The summed E-state index contributed by atoms with van der Waals surface area (Å²) in [6.07, 6.45) is 4.46. The normalized spacial score (nSPS) is 10.4. The summed E-state index contributed by atoms with van der Waals surface area (Å²) in [7, 11) is 1.55. The third-order valence-corrected chi connectivity index (χ3v) is 4.61. The molecule has 0 aliphatic rings. The minimum absolute atomic E-state index is 0.110. The fourth-order valence-electron chi connectivity index (χ4n) is 2.72. The molecule has 1 amide bonds. The lowest BCUT2D eigenvalue weighted by molar-refractivity contribution is -0.118. The van der Waals surface area contributed by atoms with Crippen molar-refractivity contribution in [1.29, 1.82) is 0 Å². The van der Waals surface area contributed by atoms with Gasteiger partial charge in [-0.15, -0.1) is 0 Å². The number of aryl methyl sites for hydroxylation is 1. The topological polar surface area (TPSA) is 81.2 Å². The Bertz CT molecular complexity index is 1010. The highest BCUT2D eigenvalue weighted by Gasteiger charge is 2.09. The van der Waals surface area contributed by atoms with E-state index in [1.807, 2.05) is 30.3 Å². The van der Waals surface area contributed by atoms with Gasteiger partial charge in [0.25, 0.3) is 5.91 Å². The van der Waals surface area contributed by atoms with Gasteiger partial charge in [0.2, 0.25) is 0 Å². The molecule has 2 aromatic heterocycles. The number of benzene rings is 1. The fourth-order valence-corrected chi connectivity index (χ4v) is 2.91. The average molecular weight is 410 g/mol. The Balaban J connectivity index is 1.54. The van der Waals surface area contributed by atoms with E-state index in [4.69, 9.17) is 16.3 Å². The fraction of sp³-hybridized carbons (Fsp3) is 0.182. The quantitative estimate of drug-likeness (QED) is 0.568. The standard InChI is InChI=1S/C22H20ClN3O3/c1-24-22(28)20-14-19(10-12-25-20)29-18-8-5-15(6-9-18)4-7-17(27)13-16-3-2-11-26-21(16)23/h2-3,5-6,8-12,14H,4,7,13H2,1H3,(H,24,28). The van der Waals surface area contributed by atoms with Gasteiger partial charge in [0.05, 0.1) is 0 Å². The van der Waals surface area contributed by atoms with E-state index in [-0.39, 0.29) is 23.8 Å². The Morgan fingerprint density at radius 3 is 2.55 bits per heavy atom. The number of hydrogen-bond acceptors (Lipinski definition) is 5. The number of Topliss-reactive ketones (excluding diaryl/α,β-unsaturated/α-hetero) is 1. The number of amides is 1. The smallest absolute Gasteiger partial charge is 0.269 e. The first-order valence-electron chi connectivity index (χ1n) is 9.11. The molecule has 3 rings (SSSR count). The van der Waals surface area contributed by atoms with Crippen LogP contribution >= 0.6 is 11.6 Å². The number of pyridine rings is 2. The molecule has 2 heterocycles. The number of nitrogens with zero attached hydrogens (tertiary/aromatic N) is 2. The zero-order valence-corrected chi connectivity index (χ0v) is 16.6. The Labute approximate surface area is 173 Å². The van der Waals surface area contributed by atoms with Crippen molar-refractivity contribution >= 4 is 23.3 Å². The Morgan fingerprint density at radius 2 is 1.83 bits per heavy atom. The van der Waals surface area contributed by atoms with Crippen LogP contribution in [-0.2, 0) is 17.6 Å². The minimum atomic E-state index is -0.275. The molecule has 0 spiro atoms. The van der Waals surface area contributed by atoms with Crippen molar-refractivity contribution < 1.29 is 14.3 Å². The van der Waals surface area contributed by atoms with Gasteiger partial charge in [-0.1, -0.05) is 29.8 Å². The Hall–Kier alpha value is -3.25. The maximum absolute atomic E-state index is 12.2. The number of aromatic nitrogens is 2. The summed E-state index contributed by atoms with van der Waals surface area (Å²) in [5.41, 5.74) is 2.06. The van der Waals surface area contributed by atoms with Crippen molar-refractivity contribution in [3.63, 3.8) is 0 Å². The molecule has 0 saturated carbocycles. The van der Waals surface area contributed by atoms with Gasteiger partial charge in [-0.2, -0.15) is 0 Å². The molecule has 3 aromatic rings. The van der Waals surface area contributed by atoms with Crippen molar-refractivity contribution in [2.24, 2.45) is 0 Å². The molecular weight excluding hydrogens is 390 g/mol. The molecule has 0 saturated heterocycles. The van der Waals surface area contributed by atoms with Crippen molar-refractivity contribution in [1.82, 2.24) is 15.3 Å². The molecule has 0 aliphatic carbocycles. The lowest BCUT2D eigenvalue weighted by Gasteiger charge is -2.08. The van der Waals surface area contributed by atoms with Gasteiger partial charge in [-0.25, -0.2) is 4.98 Å². The van der Waals surface area contributed by atoms with E-state index in [2.05, 4.69) is 15.3 Å². The molecule has 1 N–H and O–H groups in total. The summed E-state index contributed by atoms with van der Waals surface area (Å²) in [6, 6.07) is 14.3. The summed E-state index contributed by atoms with van der Waals surface area (Å²) in [5.74, 6) is 0.993. The highest BCUT2D eigenvalue weighted by Crippen LogP contribution is 2.22. The number of ether oxygens (including phenoxy) is 1. The first kappa shape index (κ1) is 20.5. The van der Waals surface area contributed by atoms with Crippen LogP contribution in [0.1, 0.15) is 28.0 Å². The van der Waals surface area contributed by atoms with Gasteiger partial charge in [-0.3, -0.25) is 14.6 Å². The van der Waals surface area contributed by atoms with Crippen LogP contribution < -0.4 is 10.1 Å². The third kappa shape index (κ3) is 5.86. The molecular formula is C22H20ClN3O3. The number of rotatable bonds is 8. The average Bonchev–Trinajstić information content (AvgIpc) is 2.74. The molecule has 0 unspecified atom stereocenters. The van der Waals surface area contributed by atoms with E-state index in [1.54, 1.807) is 31.4 Å². The van der Waals surface area contributed by atoms with Gasteiger partial charge < -0.3 is 10.1 Å². The summed E-state index contributed by atoms with van der Waals surface area (Å²) < 4.78 is 5.78. The van der Waals surface area contributed by atoms with Gasteiger partial charge in [0, 0.05) is 38.3 Å². The predicted octanol–water partition coefficient (Wildman–Crippen LogP) is 4.03. The van der Waals surface area contributed by atoms with Crippen LogP contribution in [0.5, 0.6) is 11.5 Å². The molecule has 0 fully saturated rings. The van der Waals surface area contributed by atoms with Crippen molar-refractivity contribution in [2.75, 3.05) is 7.05 Å². The van der Waals surface area contributed by atoms with Crippen molar-refractivity contribution in [3.05, 3.63) is 82.9 Å². The summed E-state index contributed by atoms with van der Waals surface area (Å²) in [6.45, 7) is 0. The molecule has 148 valence electrons. The number of carbonyl (C=O) groups excluding carboxylic acids is 2. The Kier molecular flexibility index (Phi) is 6.92. The van der Waals surface area contributed by atoms with E-state index in [1.165, 1.54) is 6.20 Å². The van der Waals surface area contributed by atoms with Gasteiger partial charge in [0.1, 0.15) is 28.1 Å². The van der Waals surface area contributed by atoms with Gasteiger partial charge in [0.15, 0.2) is 0 Å². The molecule has 29 heavy (non-hydrogen) atoms. The SMILES string of the molecule is CNC(=O)c1cc(Oc2ccc(CCC(=O)Cc3cccnc3Cl)cc2)ccn1. The van der Waals surface area contributed by atoms with Gasteiger partial charge >= 0.3 is 0 Å². The minimum Gasteiger partial charge on any atom is -0.457 e. The zero-order valence-electron chi connectivity index (χ0n) is 15.9. The van der Waals surface area contributed by atoms with E-state index >= 15 is 0 Å². The molecule has 0 bridgehead atoms. The highest BCUT2D eigenvalue weighted by atomic mass is 35.5. The zero-order chi connectivity index (χ0) is 20.6. The molecule has 6 nitrogen and oxygen atoms in total. The second-order valence-corrected chi connectivity index (χ2v) is 6.73. The molecule has 7 heteroatoms. The first-order valence-corrected chi connectivity index (χ1v) is 9.49. The summed E-state index contributed by atoms with van der Waals surface area (Å²) >= 11 is 6.00. The maximum atomic E-state index is 12.2.